The van der Waals surface area contributed by atoms with E-state index in [1.807, 2.05) is 25.1 Å². The van der Waals surface area contributed by atoms with Gasteiger partial charge in [0.05, 0.1) is 4.91 Å². The molecule has 3 aromatic rings. The number of aryl methyl sites for hydroxylation is 1. The van der Waals surface area contributed by atoms with Gasteiger partial charge in [0.25, 0.3) is 17.1 Å². The molecule has 0 spiro atoms. The van der Waals surface area contributed by atoms with Gasteiger partial charge >= 0.3 is 0 Å². The van der Waals surface area contributed by atoms with Gasteiger partial charge in [0, 0.05) is 16.4 Å². The van der Waals surface area contributed by atoms with Gasteiger partial charge < -0.3 is 15.4 Å². The largest absolute Gasteiger partial charge is 0.484 e. The first-order valence-electron chi connectivity index (χ1n) is 11.2. The van der Waals surface area contributed by atoms with Crippen LogP contribution in [0.2, 0.25) is 5.02 Å². The number of imide groups is 1. The van der Waals surface area contributed by atoms with E-state index >= 15 is 0 Å². The third-order valence-corrected chi connectivity index (χ3v) is 6.28. The number of halogens is 1. The van der Waals surface area contributed by atoms with E-state index in [1.165, 1.54) is 0 Å². The van der Waals surface area contributed by atoms with Crippen LogP contribution in [0.1, 0.15) is 11.1 Å². The number of hydrogen-bond donors (Lipinski definition) is 2. The van der Waals surface area contributed by atoms with E-state index in [4.69, 9.17) is 16.3 Å². The Balaban J connectivity index is 1.31. The summed E-state index contributed by atoms with van der Waals surface area (Å²) in [4.78, 5) is 50.6. The van der Waals surface area contributed by atoms with Crippen LogP contribution in [0.4, 0.5) is 16.2 Å². The first kappa shape index (κ1) is 26.0. The number of thioether (sulfide) groups is 1. The van der Waals surface area contributed by atoms with Crippen LogP contribution in [0.3, 0.4) is 0 Å². The third-order valence-electron chi connectivity index (χ3n) is 5.13. The standard InChI is InChI=1S/C27H22ClN3O5S/c1-17-4-2-6-20(12-17)30-25(33)16-36-22-10-8-18(9-11-22)13-23-26(34)31(27(35)37-23)15-24(32)29-21-7-3-5-19(28)14-21/h2-14H,15-16H2,1H3,(H,29,32)(H,30,33)/b23-13+. The Morgan fingerprint density at radius 1 is 0.946 bits per heavy atom. The molecule has 37 heavy (non-hydrogen) atoms. The fourth-order valence-electron chi connectivity index (χ4n) is 3.43. The van der Waals surface area contributed by atoms with E-state index in [9.17, 15) is 19.2 Å². The second kappa shape index (κ2) is 11.8. The number of benzene rings is 3. The number of nitrogens with zero attached hydrogens (tertiary/aromatic N) is 1. The van der Waals surface area contributed by atoms with Gasteiger partial charge in [0.2, 0.25) is 5.91 Å². The predicted molar refractivity (Wildman–Crippen MR) is 145 cm³/mol. The molecule has 4 amide bonds. The van der Waals surface area contributed by atoms with Gasteiger partial charge in [-0.2, -0.15) is 0 Å². The summed E-state index contributed by atoms with van der Waals surface area (Å²) in [7, 11) is 0. The molecule has 0 aromatic heterocycles. The minimum atomic E-state index is -0.551. The van der Waals surface area contributed by atoms with Gasteiger partial charge in [0.15, 0.2) is 6.61 Å². The number of anilines is 2. The molecule has 1 heterocycles. The van der Waals surface area contributed by atoms with Crippen LogP contribution in [0.15, 0.2) is 77.7 Å². The van der Waals surface area contributed by atoms with Crippen molar-refractivity contribution in [2.24, 2.45) is 0 Å². The lowest BCUT2D eigenvalue weighted by Crippen LogP contribution is -2.36. The summed E-state index contributed by atoms with van der Waals surface area (Å²) >= 11 is 6.67. The molecule has 0 atom stereocenters. The summed E-state index contributed by atoms with van der Waals surface area (Å²) in [6.45, 7) is 1.36. The van der Waals surface area contributed by atoms with Crippen LogP contribution in [0, 0.1) is 6.92 Å². The van der Waals surface area contributed by atoms with E-state index < -0.39 is 23.6 Å². The highest BCUT2D eigenvalue weighted by atomic mass is 35.5. The summed E-state index contributed by atoms with van der Waals surface area (Å²) < 4.78 is 5.53. The Labute approximate surface area is 222 Å². The van der Waals surface area contributed by atoms with E-state index in [-0.39, 0.29) is 17.4 Å². The second-order valence-corrected chi connectivity index (χ2v) is 9.53. The fraction of sp³-hybridized carbons (Fsp3) is 0.111. The first-order valence-corrected chi connectivity index (χ1v) is 12.4. The number of hydrogen-bond acceptors (Lipinski definition) is 6. The summed E-state index contributed by atoms with van der Waals surface area (Å²) in [5, 5.41) is 5.31. The molecule has 1 aliphatic heterocycles. The van der Waals surface area contributed by atoms with E-state index in [1.54, 1.807) is 60.7 Å². The summed E-state index contributed by atoms with van der Waals surface area (Å²) in [6.07, 6.45) is 1.56. The van der Waals surface area contributed by atoms with E-state index in [0.717, 1.165) is 22.2 Å². The predicted octanol–water partition coefficient (Wildman–Crippen LogP) is 5.34. The number of carbonyl (C=O) groups excluding carboxylic acids is 4. The Hall–Kier alpha value is -4.08. The maximum atomic E-state index is 12.7. The molecule has 10 heteroatoms. The molecule has 0 saturated carbocycles. The molecule has 1 saturated heterocycles. The quantitative estimate of drug-likeness (QED) is 0.377. The summed E-state index contributed by atoms with van der Waals surface area (Å²) in [5.41, 5.74) is 2.85. The van der Waals surface area contributed by atoms with Crippen LogP contribution in [0.25, 0.3) is 6.08 Å². The molecular weight excluding hydrogens is 514 g/mol. The average molecular weight is 536 g/mol. The van der Waals surface area contributed by atoms with Gasteiger partial charge in [-0.05, 0) is 78.4 Å². The Kier molecular flexibility index (Phi) is 8.27. The number of ether oxygens (including phenoxy) is 1. The molecule has 0 unspecified atom stereocenters. The van der Waals surface area contributed by atoms with Crippen molar-refractivity contribution in [1.82, 2.24) is 4.90 Å². The average Bonchev–Trinajstić information content (AvgIpc) is 3.11. The minimum Gasteiger partial charge on any atom is -0.484 e. The molecule has 2 N–H and O–H groups in total. The summed E-state index contributed by atoms with van der Waals surface area (Å²) in [6, 6.07) is 20.7. The van der Waals surface area contributed by atoms with Gasteiger partial charge in [-0.15, -0.1) is 0 Å². The zero-order valence-electron chi connectivity index (χ0n) is 19.7. The monoisotopic (exact) mass is 535 g/mol. The van der Waals surface area contributed by atoms with Crippen molar-refractivity contribution in [2.75, 3.05) is 23.8 Å². The lowest BCUT2D eigenvalue weighted by Gasteiger charge is -2.12. The Morgan fingerprint density at radius 3 is 2.32 bits per heavy atom. The molecule has 0 aliphatic carbocycles. The lowest BCUT2D eigenvalue weighted by atomic mass is 10.2. The van der Waals surface area contributed by atoms with Crippen molar-refractivity contribution < 1.29 is 23.9 Å². The fourth-order valence-corrected chi connectivity index (χ4v) is 4.46. The van der Waals surface area contributed by atoms with Crippen molar-refractivity contribution in [3.05, 3.63) is 93.9 Å². The second-order valence-electron chi connectivity index (χ2n) is 8.10. The molecule has 0 radical (unpaired) electrons. The molecule has 4 rings (SSSR count). The number of rotatable bonds is 8. The SMILES string of the molecule is Cc1cccc(NC(=O)COc2ccc(/C=C3/SC(=O)N(CC(=O)Nc4cccc(Cl)c4)C3=O)cc2)c1. The van der Waals surface area contributed by atoms with E-state index in [0.29, 0.717) is 27.7 Å². The molecule has 3 aromatic carbocycles. The smallest absolute Gasteiger partial charge is 0.294 e. The first-order chi connectivity index (χ1) is 17.8. The van der Waals surface area contributed by atoms with Crippen molar-refractivity contribution in [3.63, 3.8) is 0 Å². The maximum absolute atomic E-state index is 12.7. The normalized spacial score (nSPS) is 14.1. The van der Waals surface area contributed by atoms with Gasteiger partial charge in [-0.3, -0.25) is 24.1 Å². The van der Waals surface area contributed by atoms with E-state index in [2.05, 4.69) is 10.6 Å². The zero-order chi connectivity index (χ0) is 26.4. The molecule has 8 nitrogen and oxygen atoms in total. The summed E-state index contributed by atoms with van der Waals surface area (Å²) in [5.74, 6) is -0.881. The Morgan fingerprint density at radius 2 is 1.62 bits per heavy atom. The van der Waals surface area contributed by atoms with Crippen LogP contribution in [-0.4, -0.2) is 41.0 Å². The molecule has 0 bridgehead atoms. The van der Waals surface area contributed by atoms with Crippen LogP contribution < -0.4 is 15.4 Å². The topological polar surface area (TPSA) is 105 Å². The van der Waals surface area contributed by atoms with Gasteiger partial charge in [-0.1, -0.05) is 41.9 Å². The zero-order valence-corrected chi connectivity index (χ0v) is 21.3. The Bertz CT molecular complexity index is 1390. The van der Waals surface area contributed by atoms with Crippen LogP contribution >= 0.6 is 23.4 Å². The van der Waals surface area contributed by atoms with Crippen LogP contribution in [-0.2, 0) is 14.4 Å². The third kappa shape index (κ3) is 7.22. The highest BCUT2D eigenvalue weighted by Crippen LogP contribution is 2.32. The molecule has 188 valence electrons. The van der Waals surface area contributed by atoms with Crippen LogP contribution in [0.5, 0.6) is 5.75 Å². The number of carbonyl (C=O) groups is 4. The molecular formula is C27H22ClN3O5S. The van der Waals surface area contributed by atoms with Crippen molar-refractivity contribution >= 4 is 63.8 Å². The van der Waals surface area contributed by atoms with Gasteiger partial charge in [-0.25, -0.2) is 0 Å². The number of nitrogens with one attached hydrogen (secondary N) is 2. The van der Waals surface area contributed by atoms with Crippen molar-refractivity contribution in [2.45, 2.75) is 6.92 Å². The minimum absolute atomic E-state index is 0.163. The molecule has 1 fully saturated rings. The highest BCUT2D eigenvalue weighted by Gasteiger charge is 2.36. The molecule has 1 aliphatic rings. The van der Waals surface area contributed by atoms with Gasteiger partial charge in [0.1, 0.15) is 12.3 Å². The lowest BCUT2D eigenvalue weighted by molar-refractivity contribution is -0.127. The van der Waals surface area contributed by atoms with Crippen molar-refractivity contribution in [1.29, 1.82) is 0 Å². The maximum Gasteiger partial charge on any atom is 0.294 e. The van der Waals surface area contributed by atoms with Crippen molar-refractivity contribution in [3.8, 4) is 5.75 Å². The highest BCUT2D eigenvalue weighted by molar-refractivity contribution is 8.18. The number of amides is 4.